The SMILES string of the molecule is COc1ccc(-c2ccc(C(N)=O)c3n[c]nn23)c(OC)c1. The van der Waals surface area contributed by atoms with Gasteiger partial charge in [0.25, 0.3) is 5.91 Å². The predicted octanol–water partition coefficient (Wildman–Crippen LogP) is 1.31. The van der Waals surface area contributed by atoms with Crippen LogP contribution >= 0.6 is 0 Å². The zero-order valence-electron chi connectivity index (χ0n) is 12.0. The number of carbonyl (C=O) groups is 1. The monoisotopic (exact) mass is 297 g/mol. The third kappa shape index (κ3) is 2.12. The molecule has 0 aliphatic heterocycles. The summed E-state index contributed by atoms with van der Waals surface area (Å²) in [6, 6.07) is 8.77. The number of nitrogens with two attached hydrogens (primary N) is 1. The number of primary amides is 1. The minimum absolute atomic E-state index is 0.282. The van der Waals surface area contributed by atoms with Crippen LogP contribution in [0.15, 0.2) is 30.3 Å². The molecule has 3 aromatic rings. The maximum atomic E-state index is 11.5. The summed E-state index contributed by atoms with van der Waals surface area (Å²) in [5.41, 5.74) is 7.46. The van der Waals surface area contributed by atoms with Crippen molar-refractivity contribution in [1.29, 1.82) is 0 Å². The standard InChI is InChI=1S/C15H13N4O3/c1-21-9-3-4-10(13(7-9)22-2)12-6-5-11(14(16)20)15-17-8-18-19(12)15/h3-7H,1-2H3,(H2,16,20). The van der Waals surface area contributed by atoms with Crippen molar-refractivity contribution in [2.75, 3.05) is 14.2 Å². The van der Waals surface area contributed by atoms with Crippen LogP contribution in [0.2, 0.25) is 0 Å². The van der Waals surface area contributed by atoms with Gasteiger partial charge in [-0.25, -0.2) is 9.50 Å². The Kier molecular flexibility index (Phi) is 3.38. The number of rotatable bonds is 4. The van der Waals surface area contributed by atoms with Gasteiger partial charge in [-0.3, -0.25) is 4.79 Å². The topological polar surface area (TPSA) is 91.7 Å². The van der Waals surface area contributed by atoms with Crippen LogP contribution in [-0.2, 0) is 0 Å². The number of methoxy groups -OCH3 is 2. The molecule has 2 aromatic heterocycles. The van der Waals surface area contributed by atoms with Crippen LogP contribution in [0.1, 0.15) is 10.4 Å². The van der Waals surface area contributed by atoms with Crippen molar-refractivity contribution in [3.8, 4) is 22.8 Å². The largest absolute Gasteiger partial charge is 0.497 e. The Morgan fingerprint density at radius 3 is 2.73 bits per heavy atom. The number of amides is 1. The van der Waals surface area contributed by atoms with E-state index < -0.39 is 5.91 Å². The molecule has 1 aromatic carbocycles. The Labute approximate surface area is 126 Å². The number of fused-ring (bicyclic) bond motifs is 1. The first-order valence-corrected chi connectivity index (χ1v) is 6.43. The van der Waals surface area contributed by atoms with E-state index >= 15 is 0 Å². The van der Waals surface area contributed by atoms with E-state index in [1.165, 1.54) is 4.52 Å². The second kappa shape index (κ2) is 5.36. The van der Waals surface area contributed by atoms with Gasteiger partial charge in [0.1, 0.15) is 11.5 Å². The summed E-state index contributed by atoms with van der Waals surface area (Å²) in [4.78, 5) is 15.4. The van der Waals surface area contributed by atoms with E-state index in [2.05, 4.69) is 16.4 Å². The number of nitrogens with zero attached hydrogens (tertiary/aromatic N) is 3. The highest BCUT2D eigenvalue weighted by molar-refractivity contribution is 5.99. The van der Waals surface area contributed by atoms with Crippen LogP contribution in [0.3, 0.4) is 0 Å². The smallest absolute Gasteiger partial charge is 0.252 e. The summed E-state index contributed by atoms with van der Waals surface area (Å²) < 4.78 is 12.1. The van der Waals surface area contributed by atoms with Crippen molar-refractivity contribution in [2.24, 2.45) is 5.73 Å². The molecule has 0 bridgehead atoms. The molecule has 7 nitrogen and oxygen atoms in total. The maximum Gasteiger partial charge on any atom is 0.252 e. The summed E-state index contributed by atoms with van der Waals surface area (Å²) >= 11 is 0. The lowest BCUT2D eigenvalue weighted by Crippen LogP contribution is -2.13. The van der Waals surface area contributed by atoms with Crippen LogP contribution in [0.25, 0.3) is 16.9 Å². The molecule has 0 aliphatic rings. The van der Waals surface area contributed by atoms with Crippen molar-refractivity contribution >= 4 is 11.6 Å². The fourth-order valence-corrected chi connectivity index (χ4v) is 2.27. The molecule has 0 saturated carbocycles. The quantitative estimate of drug-likeness (QED) is 0.784. The summed E-state index contributed by atoms with van der Waals surface area (Å²) in [6.45, 7) is 0. The molecule has 22 heavy (non-hydrogen) atoms. The first-order valence-electron chi connectivity index (χ1n) is 6.43. The van der Waals surface area contributed by atoms with E-state index in [0.29, 0.717) is 22.8 Å². The zero-order chi connectivity index (χ0) is 15.7. The van der Waals surface area contributed by atoms with Crippen molar-refractivity contribution in [3.63, 3.8) is 0 Å². The molecule has 0 saturated heterocycles. The first-order chi connectivity index (χ1) is 10.7. The number of benzene rings is 1. The molecule has 2 N–H and O–H groups in total. The molecule has 3 rings (SSSR count). The molecule has 0 atom stereocenters. The molecule has 0 fully saturated rings. The maximum absolute atomic E-state index is 11.5. The number of hydrogen-bond acceptors (Lipinski definition) is 5. The third-order valence-corrected chi connectivity index (χ3v) is 3.33. The van der Waals surface area contributed by atoms with Gasteiger partial charge in [0.15, 0.2) is 5.65 Å². The Morgan fingerprint density at radius 2 is 2.05 bits per heavy atom. The summed E-state index contributed by atoms with van der Waals surface area (Å²) in [7, 11) is 3.15. The van der Waals surface area contributed by atoms with E-state index in [9.17, 15) is 4.79 Å². The molecule has 0 spiro atoms. The minimum atomic E-state index is -0.570. The molecule has 0 aliphatic carbocycles. The lowest BCUT2D eigenvalue weighted by molar-refractivity contribution is 0.100. The van der Waals surface area contributed by atoms with E-state index in [4.69, 9.17) is 15.2 Å². The van der Waals surface area contributed by atoms with E-state index in [1.807, 2.05) is 12.1 Å². The second-order valence-electron chi connectivity index (χ2n) is 4.51. The van der Waals surface area contributed by atoms with Crippen LogP contribution in [0.4, 0.5) is 0 Å². The highest BCUT2D eigenvalue weighted by Gasteiger charge is 2.16. The van der Waals surface area contributed by atoms with Gasteiger partial charge in [-0.2, -0.15) is 0 Å². The van der Waals surface area contributed by atoms with Gasteiger partial charge in [-0.1, -0.05) is 0 Å². The Hall–Kier alpha value is -3.09. The number of aromatic nitrogens is 3. The normalized spacial score (nSPS) is 10.6. The van der Waals surface area contributed by atoms with Crippen LogP contribution in [-0.4, -0.2) is 34.7 Å². The average molecular weight is 297 g/mol. The van der Waals surface area contributed by atoms with E-state index in [-0.39, 0.29) is 5.56 Å². The minimum Gasteiger partial charge on any atom is -0.497 e. The molecular weight excluding hydrogens is 284 g/mol. The van der Waals surface area contributed by atoms with Gasteiger partial charge in [-0.05, 0) is 24.3 Å². The van der Waals surface area contributed by atoms with Gasteiger partial charge >= 0.3 is 0 Å². The van der Waals surface area contributed by atoms with Crippen molar-refractivity contribution < 1.29 is 14.3 Å². The summed E-state index contributed by atoms with van der Waals surface area (Å²) in [5, 5.41) is 4.04. The fourth-order valence-electron chi connectivity index (χ4n) is 2.27. The van der Waals surface area contributed by atoms with E-state index in [1.54, 1.807) is 32.4 Å². The van der Waals surface area contributed by atoms with E-state index in [0.717, 1.165) is 5.56 Å². The molecule has 1 amide bonds. The number of pyridine rings is 1. The molecule has 111 valence electrons. The Balaban J connectivity index is 2.25. The number of carbonyl (C=O) groups excluding carboxylic acids is 1. The Morgan fingerprint density at radius 1 is 1.23 bits per heavy atom. The fraction of sp³-hybridized carbons (Fsp3) is 0.133. The zero-order valence-corrected chi connectivity index (χ0v) is 12.0. The number of ether oxygens (including phenoxy) is 2. The van der Waals surface area contributed by atoms with Gasteiger partial charge < -0.3 is 15.2 Å². The molecule has 0 unspecified atom stereocenters. The third-order valence-electron chi connectivity index (χ3n) is 3.33. The highest BCUT2D eigenvalue weighted by Crippen LogP contribution is 2.33. The van der Waals surface area contributed by atoms with Gasteiger partial charge in [-0.15, -0.1) is 5.10 Å². The molecule has 7 heteroatoms. The summed E-state index contributed by atoms with van der Waals surface area (Å²) in [6.07, 6.45) is 2.49. The lowest BCUT2D eigenvalue weighted by atomic mass is 10.1. The van der Waals surface area contributed by atoms with Gasteiger partial charge in [0.05, 0.1) is 25.5 Å². The predicted molar refractivity (Wildman–Crippen MR) is 78.9 cm³/mol. The van der Waals surface area contributed by atoms with Crippen LogP contribution in [0, 0.1) is 6.33 Å². The lowest BCUT2D eigenvalue weighted by Gasteiger charge is -2.12. The molecular formula is C15H13N4O3. The second-order valence-corrected chi connectivity index (χ2v) is 4.51. The van der Waals surface area contributed by atoms with Gasteiger partial charge in [0, 0.05) is 11.6 Å². The first kappa shape index (κ1) is 13.9. The summed E-state index contributed by atoms with van der Waals surface area (Å²) in [5.74, 6) is 0.721. The van der Waals surface area contributed by atoms with Crippen molar-refractivity contribution in [1.82, 2.24) is 14.6 Å². The van der Waals surface area contributed by atoms with Gasteiger partial charge in [0.2, 0.25) is 6.33 Å². The average Bonchev–Trinajstić information content (AvgIpc) is 3.02. The van der Waals surface area contributed by atoms with Crippen molar-refractivity contribution in [2.45, 2.75) is 0 Å². The number of hydrogen-bond donors (Lipinski definition) is 1. The highest BCUT2D eigenvalue weighted by atomic mass is 16.5. The van der Waals surface area contributed by atoms with Crippen LogP contribution < -0.4 is 15.2 Å². The van der Waals surface area contributed by atoms with Crippen LogP contribution in [0.5, 0.6) is 11.5 Å². The molecule has 1 radical (unpaired) electrons. The Bertz CT molecular complexity index is 857. The van der Waals surface area contributed by atoms with Crippen molar-refractivity contribution in [3.05, 3.63) is 42.2 Å². The molecule has 2 heterocycles.